The Balaban J connectivity index is 1.58. The molecule has 1 unspecified atom stereocenters. The van der Waals surface area contributed by atoms with Crippen molar-refractivity contribution in [2.45, 2.75) is 25.8 Å². The van der Waals surface area contributed by atoms with Gasteiger partial charge in [-0.15, -0.1) is 0 Å². The molecular formula is C23H22N2O3. The van der Waals surface area contributed by atoms with Crippen molar-refractivity contribution in [3.8, 4) is 5.75 Å². The molecule has 0 bridgehead atoms. The van der Waals surface area contributed by atoms with Crippen LogP contribution in [0.15, 0.2) is 60.7 Å². The summed E-state index contributed by atoms with van der Waals surface area (Å²) < 4.78 is 7.32. The predicted octanol–water partition coefficient (Wildman–Crippen LogP) is 4.16. The first-order valence-corrected chi connectivity index (χ1v) is 9.33. The molecule has 0 fully saturated rings. The highest BCUT2D eigenvalue weighted by atomic mass is 16.5. The number of anilines is 1. The van der Waals surface area contributed by atoms with E-state index >= 15 is 0 Å². The smallest absolute Gasteiger partial charge is 0.233 e. The molecule has 5 nitrogen and oxygen atoms in total. The summed E-state index contributed by atoms with van der Waals surface area (Å²) in [5.74, 6) is 0.238. The van der Waals surface area contributed by atoms with E-state index in [2.05, 4.69) is 5.32 Å². The molecule has 1 atom stereocenters. The van der Waals surface area contributed by atoms with Crippen LogP contribution in [0.25, 0.3) is 0 Å². The third-order valence-corrected chi connectivity index (χ3v) is 5.21. The zero-order valence-corrected chi connectivity index (χ0v) is 15.9. The van der Waals surface area contributed by atoms with Crippen LogP contribution in [0.3, 0.4) is 0 Å². The molecule has 0 saturated carbocycles. The van der Waals surface area contributed by atoms with Crippen molar-refractivity contribution in [3.63, 3.8) is 0 Å². The summed E-state index contributed by atoms with van der Waals surface area (Å²) in [6, 6.07) is 18.6. The maximum atomic E-state index is 12.9. The molecule has 4 rings (SSSR count). The summed E-state index contributed by atoms with van der Waals surface area (Å²) in [6.45, 7) is 2.62. The molecule has 2 heterocycles. The number of hydrogen-bond acceptors (Lipinski definition) is 3. The van der Waals surface area contributed by atoms with E-state index in [4.69, 9.17) is 4.74 Å². The summed E-state index contributed by atoms with van der Waals surface area (Å²) >= 11 is 0. The molecule has 1 aliphatic heterocycles. The average Bonchev–Trinajstić information content (AvgIpc) is 3.30. The summed E-state index contributed by atoms with van der Waals surface area (Å²) in [5.41, 5.74) is 3.87. The molecule has 3 aromatic rings. The van der Waals surface area contributed by atoms with E-state index in [1.165, 1.54) is 0 Å². The molecule has 0 spiro atoms. The second kappa shape index (κ2) is 7.35. The Labute approximate surface area is 163 Å². The number of rotatable bonds is 5. The highest BCUT2D eigenvalue weighted by Crippen LogP contribution is 2.34. The van der Waals surface area contributed by atoms with Gasteiger partial charge in [-0.3, -0.25) is 9.59 Å². The van der Waals surface area contributed by atoms with Crippen molar-refractivity contribution < 1.29 is 14.3 Å². The maximum Gasteiger partial charge on any atom is 0.233 e. The number of fused-ring (bicyclic) bond motifs is 1. The number of carbonyl (C=O) groups is 2. The summed E-state index contributed by atoms with van der Waals surface area (Å²) in [6.07, 6.45) is 0.672. The minimum Gasteiger partial charge on any atom is -0.495 e. The van der Waals surface area contributed by atoms with Crippen LogP contribution in [0.4, 0.5) is 5.69 Å². The van der Waals surface area contributed by atoms with Crippen LogP contribution < -0.4 is 10.1 Å². The van der Waals surface area contributed by atoms with E-state index in [0.29, 0.717) is 35.7 Å². The zero-order valence-electron chi connectivity index (χ0n) is 15.9. The zero-order chi connectivity index (χ0) is 19.7. The Morgan fingerprint density at radius 3 is 2.61 bits per heavy atom. The van der Waals surface area contributed by atoms with Crippen LogP contribution in [0.1, 0.15) is 39.6 Å². The Morgan fingerprint density at radius 2 is 1.86 bits per heavy atom. The molecular weight excluding hydrogens is 352 g/mol. The van der Waals surface area contributed by atoms with E-state index in [-0.39, 0.29) is 17.6 Å². The normalized spacial score (nSPS) is 15.1. The molecule has 1 amide bonds. The molecule has 142 valence electrons. The van der Waals surface area contributed by atoms with Crippen LogP contribution in [0.5, 0.6) is 5.75 Å². The number of aromatic nitrogens is 1. The molecule has 0 radical (unpaired) electrons. The summed E-state index contributed by atoms with van der Waals surface area (Å²) in [5, 5.41) is 2.99. The number of carbonyl (C=O) groups excluding carboxylic acids is 2. The average molecular weight is 374 g/mol. The van der Waals surface area contributed by atoms with Crippen molar-refractivity contribution in [2.75, 3.05) is 12.4 Å². The lowest BCUT2D eigenvalue weighted by Gasteiger charge is -2.14. The van der Waals surface area contributed by atoms with E-state index in [9.17, 15) is 9.59 Å². The fourth-order valence-corrected chi connectivity index (χ4v) is 3.78. The minimum atomic E-state index is -0.289. The number of amides is 1. The van der Waals surface area contributed by atoms with Crippen LogP contribution in [-0.2, 0) is 11.3 Å². The van der Waals surface area contributed by atoms with E-state index in [1.807, 2.05) is 72.2 Å². The molecule has 0 aliphatic carbocycles. The van der Waals surface area contributed by atoms with Crippen molar-refractivity contribution in [1.29, 1.82) is 0 Å². The molecule has 2 aromatic carbocycles. The first-order chi connectivity index (χ1) is 13.6. The minimum absolute atomic E-state index is 0.0201. The molecule has 1 N–H and O–H groups in total. The Bertz CT molecular complexity index is 1040. The number of benzene rings is 2. The van der Waals surface area contributed by atoms with Gasteiger partial charge in [0.05, 0.1) is 24.4 Å². The van der Waals surface area contributed by atoms with Gasteiger partial charge in [-0.1, -0.05) is 36.4 Å². The molecule has 28 heavy (non-hydrogen) atoms. The molecule has 5 heteroatoms. The van der Waals surface area contributed by atoms with Crippen molar-refractivity contribution in [3.05, 3.63) is 83.2 Å². The topological polar surface area (TPSA) is 60.3 Å². The third kappa shape index (κ3) is 3.20. The highest BCUT2D eigenvalue weighted by molar-refractivity contribution is 6.08. The lowest BCUT2D eigenvalue weighted by molar-refractivity contribution is -0.117. The van der Waals surface area contributed by atoms with Crippen LogP contribution >= 0.6 is 0 Å². The number of ether oxygens (including phenoxy) is 1. The lowest BCUT2D eigenvalue weighted by Crippen LogP contribution is -2.20. The highest BCUT2D eigenvalue weighted by Gasteiger charge is 2.32. The standard InChI is InChI=1S/C23H22N2O3/c1-15-8-11-21(28-2)18(14-15)24-23(27)17-12-13-25-19(17)9-10-20(25)22(26)16-6-4-3-5-7-16/h3-11,14,17H,12-13H2,1-2H3,(H,24,27). The number of methoxy groups -OCH3 is 1. The van der Waals surface area contributed by atoms with E-state index < -0.39 is 0 Å². The second-order valence-electron chi connectivity index (χ2n) is 7.02. The maximum absolute atomic E-state index is 12.9. The van der Waals surface area contributed by atoms with Gasteiger partial charge >= 0.3 is 0 Å². The van der Waals surface area contributed by atoms with Gasteiger partial charge in [0.25, 0.3) is 0 Å². The van der Waals surface area contributed by atoms with Crippen molar-refractivity contribution >= 4 is 17.4 Å². The molecule has 1 aliphatic rings. The van der Waals surface area contributed by atoms with Crippen LogP contribution in [0, 0.1) is 6.92 Å². The van der Waals surface area contributed by atoms with Gasteiger partial charge in [-0.2, -0.15) is 0 Å². The van der Waals surface area contributed by atoms with Gasteiger partial charge in [0.2, 0.25) is 11.7 Å². The first-order valence-electron chi connectivity index (χ1n) is 9.33. The Morgan fingerprint density at radius 1 is 1.07 bits per heavy atom. The third-order valence-electron chi connectivity index (χ3n) is 5.21. The summed E-state index contributed by atoms with van der Waals surface area (Å²) in [4.78, 5) is 25.8. The van der Waals surface area contributed by atoms with Crippen molar-refractivity contribution in [2.24, 2.45) is 0 Å². The SMILES string of the molecule is COc1ccc(C)cc1NC(=O)C1CCn2c(C(=O)c3ccccc3)ccc21. The quantitative estimate of drug-likeness (QED) is 0.682. The van der Waals surface area contributed by atoms with Gasteiger partial charge in [0, 0.05) is 17.8 Å². The van der Waals surface area contributed by atoms with E-state index in [0.717, 1.165) is 11.3 Å². The molecule has 0 saturated heterocycles. The Kier molecular flexibility index (Phi) is 4.74. The number of nitrogens with zero attached hydrogens (tertiary/aromatic N) is 1. The van der Waals surface area contributed by atoms with Gasteiger partial charge in [-0.05, 0) is 43.2 Å². The predicted molar refractivity (Wildman–Crippen MR) is 108 cm³/mol. The fraction of sp³-hybridized carbons (Fsp3) is 0.217. The number of aryl methyl sites for hydroxylation is 1. The number of ketones is 1. The number of hydrogen-bond donors (Lipinski definition) is 1. The van der Waals surface area contributed by atoms with Crippen LogP contribution in [-0.4, -0.2) is 23.4 Å². The molecule has 1 aromatic heterocycles. The van der Waals surface area contributed by atoms with Gasteiger partial charge < -0.3 is 14.6 Å². The van der Waals surface area contributed by atoms with Gasteiger partial charge in [0.15, 0.2) is 0 Å². The lowest BCUT2D eigenvalue weighted by atomic mass is 10.0. The second-order valence-corrected chi connectivity index (χ2v) is 7.02. The van der Waals surface area contributed by atoms with Gasteiger partial charge in [0.1, 0.15) is 5.75 Å². The number of nitrogens with one attached hydrogen (secondary N) is 1. The van der Waals surface area contributed by atoms with Crippen LogP contribution in [0.2, 0.25) is 0 Å². The summed E-state index contributed by atoms with van der Waals surface area (Å²) in [7, 11) is 1.59. The van der Waals surface area contributed by atoms with E-state index in [1.54, 1.807) is 7.11 Å². The largest absolute Gasteiger partial charge is 0.495 e. The Hall–Kier alpha value is -3.34. The van der Waals surface area contributed by atoms with Crippen molar-refractivity contribution in [1.82, 2.24) is 4.57 Å². The fourth-order valence-electron chi connectivity index (χ4n) is 3.78. The van der Waals surface area contributed by atoms with Gasteiger partial charge in [-0.25, -0.2) is 0 Å². The monoisotopic (exact) mass is 374 g/mol. The first kappa shape index (κ1) is 18.0.